The smallest absolute Gasteiger partial charge is 0.233 e. The van der Waals surface area contributed by atoms with E-state index in [0.717, 1.165) is 45.4 Å². The first-order chi connectivity index (χ1) is 18.0. The third-order valence-corrected chi connectivity index (χ3v) is 10.4. The number of fused-ring (bicyclic) bond motifs is 2. The zero-order valence-corrected chi connectivity index (χ0v) is 22.9. The Kier molecular flexibility index (Phi) is 7.11. The number of aromatic nitrogens is 1. The van der Waals surface area contributed by atoms with E-state index in [1.54, 1.807) is 0 Å². The summed E-state index contributed by atoms with van der Waals surface area (Å²) in [5.74, 6) is 1.75. The molecule has 3 fully saturated rings. The summed E-state index contributed by atoms with van der Waals surface area (Å²) in [7, 11) is 0. The Morgan fingerprint density at radius 1 is 1.03 bits per heavy atom. The predicted octanol–water partition coefficient (Wildman–Crippen LogP) is 2.10. The fraction of sp³-hybridized carbons (Fsp3) is 0.625. The van der Waals surface area contributed by atoms with Crippen LogP contribution in [0.25, 0.3) is 0 Å². The van der Waals surface area contributed by atoms with Crippen molar-refractivity contribution in [2.24, 2.45) is 11.8 Å². The minimum absolute atomic E-state index is 0.0586. The number of rotatable bonds is 3. The Hall–Kier alpha value is -2.24. The molecule has 2 saturated heterocycles. The fourth-order valence-electron chi connectivity index (χ4n) is 8.41. The summed E-state index contributed by atoms with van der Waals surface area (Å²) in [6.45, 7) is 8.36. The first-order valence-corrected chi connectivity index (χ1v) is 15.1. The molecule has 4 aliphatic rings. The second kappa shape index (κ2) is 10.5. The highest BCUT2D eigenvalue weighted by atomic mass is 16.2. The lowest BCUT2D eigenvalue weighted by Gasteiger charge is -2.46. The predicted molar refractivity (Wildman–Crippen MR) is 145 cm³/mol. The maximum atomic E-state index is 14.7. The maximum absolute atomic E-state index is 14.7. The summed E-state index contributed by atoms with van der Waals surface area (Å²) in [6, 6.07) is 16.6. The van der Waals surface area contributed by atoms with E-state index in [-0.39, 0.29) is 11.3 Å². The Morgan fingerprint density at radius 2 is 1.84 bits per heavy atom. The van der Waals surface area contributed by atoms with Gasteiger partial charge in [-0.25, -0.2) is 4.98 Å². The molecule has 5 heteroatoms. The van der Waals surface area contributed by atoms with E-state index in [1.165, 1.54) is 54.6 Å². The molecule has 2 unspecified atom stereocenters. The van der Waals surface area contributed by atoms with Crippen LogP contribution in [0.4, 0.5) is 0 Å². The molecule has 1 amide bonds. The number of carbonyl (C=O) groups excluding carboxylic acids is 1. The number of amides is 1. The molecule has 1 spiro atoms. The van der Waals surface area contributed by atoms with Crippen molar-refractivity contribution in [1.29, 1.82) is 0 Å². The van der Waals surface area contributed by atoms with Gasteiger partial charge in [0.2, 0.25) is 5.91 Å². The van der Waals surface area contributed by atoms with Gasteiger partial charge >= 0.3 is 0 Å². The van der Waals surface area contributed by atoms with Gasteiger partial charge in [-0.3, -0.25) is 4.79 Å². The molecule has 198 valence electrons. The number of hydrogen-bond donors (Lipinski definition) is 2. The van der Waals surface area contributed by atoms with E-state index >= 15 is 0 Å². The van der Waals surface area contributed by atoms with Gasteiger partial charge in [-0.2, -0.15) is 0 Å². The average Bonchev–Trinajstić information content (AvgIpc) is 3.31. The first kappa shape index (κ1) is 25.1. The molecule has 5 N–H and O–H groups in total. The number of aromatic amines is 1. The summed E-state index contributed by atoms with van der Waals surface area (Å²) >= 11 is 0. The molecule has 37 heavy (non-hydrogen) atoms. The van der Waals surface area contributed by atoms with Gasteiger partial charge in [0.25, 0.3) is 0 Å². The van der Waals surface area contributed by atoms with Crippen molar-refractivity contribution in [2.75, 3.05) is 26.2 Å². The van der Waals surface area contributed by atoms with E-state index < -0.39 is 0 Å². The number of pyridine rings is 1. The molecule has 0 bridgehead atoms. The summed E-state index contributed by atoms with van der Waals surface area (Å²) < 4.78 is 0. The number of benzene rings is 1. The van der Waals surface area contributed by atoms with Crippen LogP contribution >= 0.6 is 0 Å². The summed E-state index contributed by atoms with van der Waals surface area (Å²) in [5, 5.41) is 4.95. The number of hydrogen-bond acceptors (Lipinski definition) is 1. The van der Waals surface area contributed by atoms with Crippen LogP contribution in [0.1, 0.15) is 80.3 Å². The highest BCUT2D eigenvalue weighted by molar-refractivity contribution is 5.82. The van der Waals surface area contributed by atoms with Crippen LogP contribution in [0.15, 0.2) is 42.5 Å². The minimum Gasteiger partial charge on any atom is -0.345 e. The topological polar surface area (TPSA) is 67.7 Å². The van der Waals surface area contributed by atoms with Gasteiger partial charge in [-0.15, -0.1) is 0 Å². The van der Waals surface area contributed by atoms with Crippen LogP contribution in [0.2, 0.25) is 0 Å². The van der Waals surface area contributed by atoms with Gasteiger partial charge in [0, 0.05) is 31.1 Å². The number of aryl methyl sites for hydroxylation is 1. The number of quaternary nitrogens is 2. The lowest BCUT2D eigenvalue weighted by molar-refractivity contribution is -0.698. The van der Waals surface area contributed by atoms with Crippen LogP contribution < -0.4 is 15.6 Å². The molecular formula is C32H47N4O+3. The van der Waals surface area contributed by atoms with Crippen LogP contribution in [0.5, 0.6) is 0 Å². The quantitative estimate of drug-likeness (QED) is 0.662. The van der Waals surface area contributed by atoms with Crippen molar-refractivity contribution >= 4 is 5.91 Å². The van der Waals surface area contributed by atoms with Crippen molar-refractivity contribution in [2.45, 2.75) is 88.6 Å². The van der Waals surface area contributed by atoms with Crippen LogP contribution in [-0.4, -0.2) is 49.1 Å². The van der Waals surface area contributed by atoms with Crippen LogP contribution in [-0.2, 0) is 16.6 Å². The molecule has 5 nitrogen and oxygen atoms in total. The fourth-order valence-corrected chi connectivity index (χ4v) is 8.41. The Balaban J connectivity index is 1.32. The van der Waals surface area contributed by atoms with E-state index in [1.807, 2.05) is 0 Å². The average molecular weight is 504 g/mol. The van der Waals surface area contributed by atoms with Crippen molar-refractivity contribution in [3.63, 3.8) is 0 Å². The molecule has 0 radical (unpaired) electrons. The first-order valence-electron chi connectivity index (χ1n) is 15.1. The van der Waals surface area contributed by atoms with E-state index in [0.29, 0.717) is 29.8 Å². The Morgan fingerprint density at radius 3 is 2.65 bits per heavy atom. The highest BCUT2D eigenvalue weighted by Crippen LogP contribution is 2.42. The molecule has 1 aromatic heterocycles. The zero-order chi connectivity index (χ0) is 25.4. The molecule has 3 aliphatic heterocycles. The molecule has 6 rings (SSSR count). The van der Waals surface area contributed by atoms with Gasteiger partial charge in [0.05, 0.1) is 32.1 Å². The van der Waals surface area contributed by atoms with Crippen LogP contribution in [0, 0.1) is 18.8 Å². The molecule has 5 atom stereocenters. The lowest BCUT2D eigenvalue weighted by atomic mass is 9.70. The monoisotopic (exact) mass is 503 g/mol. The number of nitrogens with zero attached hydrogens (tertiary/aromatic N) is 1. The molecule has 1 aliphatic carbocycles. The number of nitrogens with one attached hydrogen (secondary N) is 1. The summed E-state index contributed by atoms with van der Waals surface area (Å²) in [6.07, 6.45) is 9.88. The molecule has 1 saturated carbocycles. The van der Waals surface area contributed by atoms with E-state index in [2.05, 4.69) is 76.8 Å². The number of H-pyrrole nitrogens is 1. The molecular weight excluding hydrogens is 456 g/mol. The van der Waals surface area contributed by atoms with Gasteiger partial charge in [-0.05, 0) is 56.1 Å². The van der Waals surface area contributed by atoms with Gasteiger partial charge in [-0.1, -0.05) is 49.6 Å². The van der Waals surface area contributed by atoms with Crippen LogP contribution in [0.3, 0.4) is 0 Å². The normalized spacial score (nSPS) is 32.8. The number of carbonyl (C=O) groups is 1. The third kappa shape index (κ3) is 4.74. The number of likely N-dealkylation sites (tertiary alicyclic amines) is 1. The SMILES string of the molecule is Cc1ccc2c([nH+]1)CC(C)[NH2+]C[C@]21C[NH2+]CC1C(=O)N1CC[C@@H](c2ccccc2)C[C@H]1C1CCCCC1. The summed E-state index contributed by atoms with van der Waals surface area (Å²) in [5.41, 5.74) is 5.37. The second-order valence-electron chi connectivity index (χ2n) is 12.7. The molecule has 1 aromatic carbocycles. The largest absolute Gasteiger partial charge is 0.345 e. The lowest BCUT2D eigenvalue weighted by Crippen LogP contribution is -2.93. The van der Waals surface area contributed by atoms with Gasteiger partial charge < -0.3 is 15.5 Å². The van der Waals surface area contributed by atoms with Crippen molar-refractivity contribution in [1.82, 2.24) is 4.90 Å². The van der Waals surface area contributed by atoms with E-state index in [9.17, 15) is 4.79 Å². The minimum atomic E-state index is -0.0885. The standard InChI is InChI=1S/C32H44N4O/c1-22-13-14-27-29(35-22)17-23(2)34-21-32(27)20-33-19-28(32)31(37)36-16-15-26(24-9-5-3-6-10-24)18-30(36)25-11-7-4-8-12-25/h3,5-6,9-10,13-14,23,25-26,28,30,33-34H,4,7-8,11-12,15-21H2,1-2H3/p+3/t23?,26-,28?,30+,32-/m1/s1. The van der Waals surface area contributed by atoms with Crippen molar-refractivity contribution < 1.29 is 20.4 Å². The van der Waals surface area contributed by atoms with E-state index in [4.69, 9.17) is 0 Å². The van der Waals surface area contributed by atoms with Gasteiger partial charge in [0.1, 0.15) is 11.3 Å². The molecule has 4 heterocycles. The number of piperidine rings is 1. The highest BCUT2D eigenvalue weighted by Gasteiger charge is 2.58. The Bertz CT molecular complexity index is 1100. The molecule has 2 aromatic rings. The van der Waals surface area contributed by atoms with Crippen molar-refractivity contribution in [3.05, 3.63) is 65.0 Å². The maximum Gasteiger partial charge on any atom is 0.233 e. The van der Waals surface area contributed by atoms with Crippen molar-refractivity contribution in [3.8, 4) is 0 Å². The zero-order valence-electron chi connectivity index (χ0n) is 22.9. The Labute approximate surface area is 222 Å². The second-order valence-corrected chi connectivity index (χ2v) is 12.7. The van der Waals surface area contributed by atoms with Gasteiger partial charge in [0.15, 0.2) is 11.4 Å². The third-order valence-electron chi connectivity index (χ3n) is 10.4. The number of nitrogens with two attached hydrogens (primary N) is 2. The summed E-state index contributed by atoms with van der Waals surface area (Å²) in [4.78, 5) is 20.8.